The number of sulfonamides is 1. The molecule has 0 aromatic heterocycles. The highest BCUT2D eigenvalue weighted by atomic mass is 32.2. The second-order valence-corrected chi connectivity index (χ2v) is 8.98. The molecule has 1 aliphatic rings. The molecule has 0 spiro atoms. The normalized spacial score (nSPS) is 15.0. The van der Waals surface area contributed by atoms with Crippen molar-refractivity contribution in [1.29, 1.82) is 0 Å². The van der Waals surface area contributed by atoms with Crippen LogP contribution in [-0.2, 0) is 24.3 Å². The van der Waals surface area contributed by atoms with Gasteiger partial charge < -0.3 is 24.3 Å². The van der Waals surface area contributed by atoms with Crippen molar-refractivity contribution in [2.45, 2.75) is 37.3 Å². The van der Waals surface area contributed by atoms with Crippen molar-refractivity contribution < 1.29 is 37.0 Å². The number of para-hydroxylation sites is 2. The summed E-state index contributed by atoms with van der Waals surface area (Å²) in [5, 5.41) is 2.61. The molecule has 0 unspecified atom stereocenters. The van der Waals surface area contributed by atoms with E-state index in [2.05, 4.69) is 10.0 Å². The highest BCUT2D eigenvalue weighted by molar-refractivity contribution is 7.89. The summed E-state index contributed by atoms with van der Waals surface area (Å²) in [6.07, 6.45) is -0.492. The number of carbonyl (C=O) groups excluding carboxylic acids is 2. The maximum absolute atomic E-state index is 12.7. The quantitative estimate of drug-likeness (QED) is 0.552. The topological polar surface area (TPSA) is 129 Å². The number of anilines is 1. The average Bonchev–Trinajstić information content (AvgIpc) is 3.04. The first-order chi connectivity index (χ1) is 15.7. The standard InChI is InChI=1S/C22H26N2O8S/c1-14(22(26)32-15(2)21(25)23-17-7-4-5-8-18(17)29-3)24-33(27,28)16-9-10-19-20(13-16)31-12-6-11-30-19/h4-5,7-10,13-15,24H,6,11-12H2,1-3H3,(H,23,25)/t14-,15-/m1/s1. The molecule has 11 heteroatoms. The molecule has 33 heavy (non-hydrogen) atoms. The molecule has 0 saturated carbocycles. The highest BCUT2D eigenvalue weighted by Crippen LogP contribution is 2.32. The van der Waals surface area contributed by atoms with E-state index in [9.17, 15) is 18.0 Å². The lowest BCUT2D eigenvalue weighted by molar-refractivity contribution is -0.154. The number of carbonyl (C=O) groups is 2. The Morgan fingerprint density at radius 2 is 1.73 bits per heavy atom. The van der Waals surface area contributed by atoms with Gasteiger partial charge in [0.1, 0.15) is 11.8 Å². The van der Waals surface area contributed by atoms with Crippen molar-refractivity contribution in [3.05, 3.63) is 42.5 Å². The van der Waals surface area contributed by atoms with E-state index in [-0.39, 0.29) is 4.90 Å². The summed E-state index contributed by atoms with van der Waals surface area (Å²) in [4.78, 5) is 24.7. The molecule has 1 amide bonds. The van der Waals surface area contributed by atoms with E-state index in [0.29, 0.717) is 42.6 Å². The predicted molar refractivity (Wildman–Crippen MR) is 119 cm³/mol. The van der Waals surface area contributed by atoms with Crippen LogP contribution < -0.4 is 24.2 Å². The summed E-state index contributed by atoms with van der Waals surface area (Å²) < 4.78 is 49.1. The fraction of sp³-hybridized carbons (Fsp3) is 0.364. The van der Waals surface area contributed by atoms with Crippen LogP contribution in [-0.4, -0.2) is 52.8 Å². The van der Waals surface area contributed by atoms with Gasteiger partial charge in [0.05, 0.1) is 30.9 Å². The first-order valence-corrected chi connectivity index (χ1v) is 11.8. The molecule has 0 fully saturated rings. The Labute approximate surface area is 192 Å². The van der Waals surface area contributed by atoms with E-state index in [0.717, 1.165) is 0 Å². The highest BCUT2D eigenvalue weighted by Gasteiger charge is 2.27. The number of hydrogen-bond acceptors (Lipinski definition) is 8. The lowest BCUT2D eigenvalue weighted by atomic mass is 10.2. The lowest BCUT2D eigenvalue weighted by Gasteiger charge is -2.18. The van der Waals surface area contributed by atoms with Gasteiger partial charge in [-0.2, -0.15) is 4.72 Å². The van der Waals surface area contributed by atoms with E-state index >= 15 is 0 Å². The van der Waals surface area contributed by atoms with Crippen LogP contribution in [0.3, 0.4) is 0 Å². The molecule has 0 radical (unpaired) electrons. The Balaban J connectivity index is 1.61. The summed E-state index contributed by atoms with van der Waals surface area (Å²) in [7, 11) is -2.60. The Hall–Kier alpha value is -3.31. The first-order valence-electron chi connectivity index (χ1n) is 10.3. The molecule has 0 bridgehead atoms. The van der Waals surface area contributed by atoms with Crippen LogP contribution in [0, 0.1) is 0 Å². The zero-order chi connectivity index (χ0) is 24.0. The maximum Gasteiger partial charge on any atom is 0.324 e. The number of amides is 1. The monoisotopic (exact) mass is 478 g/mol. The van der Waals surface area contributed by atoms with Crippen LogP contribution in [0.5, 0.6) is 17.2 Å². The number of nitrogens with one attached hydrogen (secondary N) is 2. The van der Waals surface area contributed by atoms with Gasteiger partial charge in [-0.05, 0) is 38.1 Å². The Bertz CT molecular complexity index is 1120. The Kier molecular flexibility index (Phi) is 7.77. The minimum absolute atomic E-state index is 0.0895. The second-order valence-electron chi connectivity index (χ2n) is 7.27. The molecule has 1 heterocycles. The van der Waals surface area contributed by atoms with Crippen molar-refractivity contribution in [3.63, 3.8) is 0 Å². The number of benzene rings is 2. The first kappa shape index (κ1) is 24.3. The summed E-state index contributed by atoms with van der Waals surface area (Å²) in [6, 6.07) is 9.72. The second kappa shape index (κ2) is 10.5. The SMILES string of the molecule is COc1ccccc1NC(=O)[C@@H](C)OC(=O)[C@@H](C)NS(=O)(=O)c1ccc2c(c1)OCCCO2. The van der Waals surface area contributed by atoms with Gasteiger partial charge in [-0.25, -0.2) is 8.42 Å². The van der Waals surface area contributed by atoms with Crippen molar-refractivity contribution >= 4 is 27.6 Å². The van der Waals surface area contributed by atoms with Gasteiger partial charge in [0.15, 0.2) is 17.6 Å². The Morgan fingerprint density at radius 3 is 2.45 bits per heavy atom. The smallest absolute Gasteiger partial charge is 0.324 e. The average molecular weight is 479 g/mol. The van der Waals surface area contributed by atoms with Crippen LogP contribution in [0.15, 0.2) is 47.4 Å². The van der Waals surface area contributed by atoms with Gasteiger partial charge in [-0.3, -0.25) is 9.59 Å². The molecule has 178 valence electrons. The van der Waals surface area contributed by atoms with E-state index in [1.54, 1.807) is 24.3 Å². The molecule has 0 aliphatic carbocycles. The van der Waals surface area contributed by atoms with Crippen LogP contribution >= 0.6 is 0 Å². The molecular weight excluding hydrogens is 452 g/mol. The number of methoxy groups -OCH3 is 1. The molecule has 10 nitrogen and oxygen atoms in total. The number of fused-ring (bicyclic) bond motifs is 1. The number of rotatable bonds is 8. The largest absolute Gasteiger partial charge is 0.495 e. The van der Waals surface area contributed by atoms with Crippen LogP contribution in [0.1, 0.15) is 20.3 Å². The van der Waals surface area contributed by atoms with Crippen molar-refractivity contribution in [2.24, 2.45) is 0 Å². The van der Waals surface area contributed by atoms with Crippen molar-refractivity contribution in [1.82, 2.24) is 4.72 Å². The van der Waals surface area contributed by atoms with E-state index < -0.39 is 34.0 Å². The van der Waals surface area contributed by atoms with Gasteiger partial charge in [0, 0.05) is 12.5 Å². The third-order valence-electron chi connectivity index (χ3n) is 4.74. The predicted octanol–water partition coefficient (Wildman–Crippen LogP) is 2.09. The van der Waals surface area contributed by atoms with Gasteiger partial charge in [0.25, 0.3) is 5.91 Å². The van der Waals surface area contributed by atoms with Crippen LogP contribution in [0.2, 0.25) is 0 Å². The number of hydrogen-bond donors (Lipinski definition) is 2. The van der Waals surface area contributed by atoms with Gasteiger partial charge in [0.2, 0.25) is 10.0 Å². The van der Waals surface area contributed by atoms with Crippen molar-refractivity contribution in [2.75, 3.05) is 25.6 Å². The zero-order valence-corrected chi connectivity index (χ0v) is 19.3. The minimum atomic E-state index is -4.07. The molecular formula is C22H26N2O8S. The molecule has 2 aromatic carbocycles. The summed E-state index contributed by atoms with van der Waals surface area (Å²) in [6.45, 7) is 3.59. The molecule has 2 atom stereocenters. The maximum atomic E-state index is 12.7. The fourth-order valence-corrected chi connectivity index (χ4v) is 4.18. The molecule has 0 saturated heterocycles. The fourth-order valence-electron chi connectivity index (χ4n) is 2.97. The molecule has 3 rings (SSSR count). The lowest BCUT2D eigenvalue weighted by Crippen LogP contribution is -2.42. The third kappa shape index (κ3) is 6.14. The minimum Gasteiger partial charge on any atom is -0.495 e. The molecule has 2 aromatic rings. The van der Waals surface area contributed by atoms with Crippen LogP contribution in [0.4, 0.5) is 5.69 Å². The summed E-state index contributed by atoms with van der Waals surface area (Å²) in [5.74, 6) is -0.289. The number of ether oxygens (including phenoxy) is 4. The summed E-state index contributed by atoms with van der Waals surface area (Å²) >= 11 is 0. The van der Waals surface area contributed by atoms with E-state index in [4.69, 9.17) is 18.9 Å². The number of esters is 1. The molecule has 2 N–H and O–H groups in total. The van der Waals surface area contributed by atoms with Gasteiger partial charge in [-0.15, -0.1) is 0 Å². The Morgan fingerprint density at radius 1 is 1.03 bits per heavy atom. The summed E-state index contributed by atoms with van der Waals surface area (Å²) in [5.41, 5.74) is 0.413. The van der Waals surface area contributed by atoms with Crippen LogP contribution in [0.25, 0.3) is 0 Å². The van der Waals surface area contributed by atoms with E-state index in [1.807, 2.05) is 0 Å². The molecule has 1 aliphatic heterocycles. The van der Waals surface area contributed by atoms with Crippen molar-refractivity contribution in [3.8, 4) is 17.2 Å². The third-order valence-corrected chi connectivity index (χ3v) is 6.28. The zero-order valence-electron chi connectivity index (χ0n) is 18.5. The van der Waals surface area contributed by atoms with E-state index in [1.165, 1.54) is 39.2 Å². The van der Waals surface area contributed by atoms with Gasteiger partial charge >= 0.3 is 5.97 Å². The van der Waals surface area contributed by atoms with Gasteiger partial charge in [-0.1, -0.05) is 12.1 Å².